The van der Waals surface area contributed by atoms with Crippen LogP contribution in [0, 0.1) is 0 Å². The molecule has 0 fully saturated rings. The topological polar surface area (TPSA) is 77.8 Å². The third-order valence-electron chi connectivity index (χ3n) is 4.57. The van der Waals surface area contributed by atoms with Crippen LogP contribution >= 0.6 is 0 Å². The molecule has 1 aliphatic carbocycles. The van der Waals surface area contributed by atoms with Gasteiger partial charge < -0.3 is 15.3 Å². The molecule has 0 aromatic heterocycles. The number of hydrogen-bond acceptors (Lipinski definition) is 3. The number of aromatic hydroxyl groups is 2. The van der Waals surface area contributed by atoms with Gasteiger partial charge >= 0.3 is 5.97 Å². The van der Waals surface area contributed by atoms with Gasteiger partial charge in [0.15, 0.2) is 0 Å². The van der Waals surface area contributed by atoms with Crippen molar-refractivity contribution in [3.05, 3.63) is 58.7 Å². The number of hydrogen-bond donors (Lipinski definition) is 3. The highest BCUT2D eigenvalue weighted by molar-refractivity contribution is 5.77. The first-order valence-corrected chi connectivity index (χ1v) is 7.90. The average molecular weight is 312 g/mol. The fourth-order valence-corrected chi connectivity index (χ4v) is 3.26. The second-order valence-corrected chi connectivity index (χ2v) is 6.14. The minimum Gasteiger partial charge on any atom is -0.508 e. The predicted molar refractivity (Wildman–Crippen MR) is 86.9 cm³/mol. The molecular formula is C19H20O4. The third kappa shape index (κ3) is 3.31. The summed E-state index contributed by atoms with van der Waals surface area (Å²) in [7, 11) is 0. The van der Waals surface area contributed by atoms with Crippen LogP contribution in [0.15, 0.2) is 36.4 Å². The summed E-state index contributed by atoms with van der Waals surface area (Å²) in [4.78, 5) is 11.7. The molecule has 3 N–H and O–H groups in total. The van der Waals surface area contributed by atoms with Gasteiger partial charge in [0.2, 0.25) is 0 Å². The molecule has 0 spiro atoms. The Bertz CT molecular complexity index is 736. The van der Waals surface area contributed by atoms with Gasteiger partial charge in [0.25, 0.3) is 0 Å². The van der Waals surface area contributed by atoms with Crippen LogP contribution in [-0.4, -0.2) is 21.3 Å². The number of rotatable bonds is 4. The summed E-state index contributed by atoms with van der Waals surface area (Å²) in [6, 6.07) is 10.2. The molecule has 3 rings (SSSR count). The highest BCUT2D eigenvalue weighted by atomic mass is 16.4. The maximum atomic E-state index is 11.7. The van der Waals surface area contributed by atoms with Gasteiger partial charge in [-0.05, 0) is 60.4 Å². The maximum absolute atomic E-state index is 11.7. The Hall–Kier alpha value is -2.49. The number of phenolic OH excluding ortho intramolecular Hbond substituents is 2. The van der Waals surface area contributed by atoms with Crippen molar-refractivity contribution in [2.75, 3.05) is 0 Å². The van der Waals surface area contributed by atoms with Crippen LogP contribution < -0.4 is 0 Å². The zero-order valence-corrected chi connectivity index (χ0v) is 12.8. The molecule has 0 saturated carbocycles. The first kappa shape index (κ1) is 15.4. The molecule has 0 bridgehead atoms. The molecule has 0 heterocycles. The van der Waals surface area contributed by atoms with Crippen LogP contribution in [0.3, 0.4) is 0 Å². The summed E-state index contributed by atoms with van der Waals surface area (Å²) >= 11 is 0. The van der Waals surface area contributed by atoms with Crippen LogP contribution in [0.4, 0.5) is 0 Å². The van der Waals surface area contributed by atoms with E-state index in [9.17, 15) is 20.1 Å². The maximum Gasteiger partial charge on any atom is 0.311 e. The van der Waals surface area contributed by atoms with E-state index in [1.807, 2.05) is 18.2 Å². The highest BCUT2D eigenvalue weighted by Gasteiger charge is 2.23. The SMILES string of the molecule is O=C(O)C(Cc1ccc(O)cc1O)c1ccc2c(c1)CCCC2. The number of aliphatic carboxylic acids is 1. The average Bonchev–Trinajstić information content (AvgIpc) is 2.53. The molecule has 1 unspecified atom stereocenters. The van der Waals surface area contributed by atoms with Gasteiger partial charge in [0.05, 0.1) is 5.92 Å². The van der Waals surface area contributed by atoms with Gasteiger partial charge in [-0.1, -0.05) is 24.3 Å². The first-order valence-electron chi connectivity index (χ1n) is 7.90. The smallest absolute Gasteiger partial charge is 0.311 e. The molecule has 1 aliphatic rings. The van der Waals surface area contributed by atoms with E-state index in [1.165, 1.54) is 29.7 Å². The van der Waals surface area contributed by atoms with Crippen LogP contribution in [0.1, 0.15) is 41.0 Å². The standard InChI is InChI=1S/C19H20O4/c20-16-8-7-15(18(21)11-16)10-17(19(22)23)14-6-5-12-3-1-2-4-13(12)9-14/h5-9,11,17,20-21H,1-4,10H2,(H,22,23). The Morgan fingerprint density at radius 3 is 2.43 bits per heavy atom. The van der Waals surface area contributed by atoms with E-state index >= 15 is 0 Å². The van der Waals surface area contributed by atoms with Crippen molar-refractivity contribution < 1.29 is 20.1 Å². The number of phenols is 2. The van der Waals surface area contributed by atoms with Crippen LogP contribution in [0.25, 0.3) is 0 Å². The lowest BCUT2D eigenvalue weighted by Gasteiger charge is -2.19. The van der Waals surface area contributed by atoms with Gasteiger partial charge in [0.1, 0.15) is 11.5 Å². The van der Waals surface area contributed by atoms with E-state index in [4.69, 9.17) is 0 Å². The molecule has 1 atom stereocenters. The van der Waals surface area contributed by atoms with E-state index in [-0.39, 0.29) is 17.9 Å². The fourth-order valence-electron chi connectivity index (χ4n) is 3.26. The Morgan fingerprint density at radius 2 is 1.74 bits per heavy atom. The Kier molecular flexibility index (Phi) is 4.24. The van der Waals surface area contributed by atoms with Crippen molar-refractivity contribution in [2.45, 2.75) is 38.0 Å². The van der Waals surface area contributed by atoms with E-state index in [0.29, 0.717) is 5.56 Å². The molecular weight excluding hydrogens is 292 g/mol. The summed E-state index contributed by atoms with van der Waals surface area (Å²) in [5, 5.41) is 28.9. The van der Waals surface area contributed by atoms with Crippen LogP contribution in [-0.2, 0) is 24.1 Å². The van der Waals surface area contributed by atoms with E-state index in [1.54, 1.807) is 6.07 Å². The van der Waals surface area contributed by atoms with Gasteiger partial charge in [-0.2, -0.15) is 0 Å². The summed E-state index contributed by atoms with van der Waals surface area (Å²) < 4.78 is 0. The Morgan fingerprint density at radius 1 is 1.00 bits per heavy atom. The lowest BCUT2D eigenvalue weighted by molar-refractivity contribution is -0.138. The van der Waals surface area contributed by atoms with Crippen molar-refractivity contribution >= 4 is 5.97 Å². The fraction of sp³-hybridized carbons (Fsp3) is 0.316. The molecule has 4 heteroatoms. The second-order valence-electron chi connectivity index (χ2n) is 6.14. The molecule has 23 heavy (non-hydrogen) atoms. The number of benzene rings is 2. The molecule has 0 saturated heterocycles. The van der Waals surface area contributed by atoms with E-state index < -0.39 is 11.9 Å². The predicted octanol–water partition coefficient (Wildman–Crippen LogP) is 3.39. The van der Waals surface area contributed by atoms with Crippen molar-refractivity contribution in [3.63, 3.8) is 0 Å². The molecule has 2 aromatic rings. The number of carboxylic acids is 1. The molecule has 0 aliphatic heterocycles. The highest BCUT2D eigenvalue weighted by Crippen LogP contribution is 2.31. The van der Waals surface area contributed by atoms with Crippen LogP contribution in [0.5, 0.6) is 11.5 Å². The molecule has 0 radical (unpaired) electrons. The first-order chi connectivity index (χ1) is 11.0. The molecule has 120 valence electrons. The van der Waals surface area contributed by atoms with Crippen molar-refractivity contribution in [2.24, 2.45) is 0 Å². The van der Waals surface area contributed by atoms with Gasteiger partial charge in [-0.25, -0.2) is 0 Å². The summed E-state index contributed by atoms with van der Waals surface area (Å²) in [5.41, 5.74) is 3.85. The largest absolute Gasteiger partial charge is 0.508 e. The van der Waals surface area contributed by atoms with Gasteiger partial charge in [-0.15, -0.1) is 0 Å². The summed E-state index contributed by atoms with van der Waals surface area (Å²) in [6.45, 7) is 0. The molecule has 0 amide bonds. The number of carboxylic acid groups (broad SMARTS) is 1. The Balaban J connectivity index is 1.91. The number of aryl methyl sites for hydroxylation is 2. The third-order valence-corrected chi connectivity index (χ3v) is 4.57. The van der Waals surface area contributed by atoms with Gasteiger partial charge in [0, 0.05) is 6.07 Å². The lowest BCUT2D eigenvalue weighted by atomic mass is 9.85. The second kappa shape index (κ2) is 6.32. The molecule has 4 nitrogen and oxygen atoms in total. The normalized spacial score (nSPS) is 15.0. The van der Waals surface area contributed by atoms with Gasteiger partial charge in [-0.3, -0.25) is 4.79 Å². The van der Waals surface area contributed by atoms with E-state index in [0.717, 1.165) is 24.8 Å². The van der Waals surface area contributed by atoms with E-state index in [2.05, 4.69) is 0 Å². The van der Waals surface area contributed by atoms with Crippen LogP contribution in [0.2, 0.25) is 0 Å². The van der Waals surface area contributed by atoms with Crippen molar-refractivity contribution in [1.82, 2.24) is 0 Å². The Labute approximate surface area is 135 Å². The minimum absolute atomic E-state index is 0.0353. The van der Waals surface area contributed by atoms with Crippen molar-refractivity contribution in [1.29, 1.82) is 0 Å². The van der Waals surface area contributed by atoms with Crippen molar-refractivity contribution in [3.8, 4) is 11.5 Å². The molecule has 2 aromatic carbocycles. The lowest BCUT2D eigenvalue weighted by Crippen LogP contribution is -2.15. The summed E-state index contributed by atoms with van der Waals surface area (Å²) in [5.74, 6) is -1.73. The minimum atomic E-state index is -0.909. The zero-order chi connectivity index (χ0) is 16.4. The number of carbonyl (C=O) groups is 1. The summed E-state index contributed by atoms with van der Waals surface area (Å²) in [6.07, 6.45) is 4.59. The quantitative estimate of drug-likeness (QED) is 0.808. The monoisotopic (exact) mass is 312 g/mol. The zero-order valence-electron chi connectivity index (χ0n) is 12.8. The number of fused-ring (bicyclic) bond motifs is 1.